The molecular weight excluding hydrogens is 352 g/mol. The van der Waals surface area contributed by atoms with Gasteiger partial charge in [0.25, 0.3) is 0 Å². The molecule has 3 rings (SSSR count). The fraction of sp³-hybridized carbons (Fsp3) is 0.350. The van der Waals surface area contributed by atoms with E-state index in [2.05, 4.69) is 0 Å². The number of ether oxygens (including phenoxy) is 4. The Morgan fingerprint density at radius 1 is 0.926 bits per heavy atom. The van der Waals surface area contributed by atoms with Gasteiger partial charge in [0, 0.05) is 0 Å². The summed E-state index contributed by atoms with van der Waals surface area (Å²) < 4.78 is 20.9. The zero-order chi connectivity index (χ0) is 19.4. The molecule has 0 aromatic heterocycles. The standard InChI is InChI=1S/C20H22O7/c1-24-16-7-3-13(4-8-16)20(23,14-5-9-17(25-2)10-6-14)18(22)19-26-11-15(21)12-27-19/h3-10,18-19,22-23H,11-12H2,1-2H3/t18-/m0/s1. The number of benzene rings is 2. The first-order valence-corrected chi connectivity index (χ1v) is 8.43. The van der Waals surface area contributed by atoms with E-state index in [1.807, 2.05) is 0 Å². The Morgan fingerprint density at radius 2 is 1.33 bits per heavy atom. The van der Waals surface area contributed by atoms with Gasteiger partial charge in [0.2, 0.25) is 0 Å². The lowest BCUT2D eigenvalue weighted by atomic mass is 9.81. The third-order valence-electron chi connectivity index (χ3n) is 4.56. The summed E-state index contributed by atoms with van der Waals surface area (Å²) in [4.78, 5) is 11.3. The molecule has 0 bridgehead atoms. The van der Waals surface area contributed by atoms with Crippen LogP contribution < -0.4 is 9.47 Å². The van der Waals surface area contributed by atoms with Gasteiger partial charge >= 0.3 is 0 Å². The molecule has 2 N–H and O–H groups in total. The highest BCUT2D eigenvalue weighted by atomic mass is 16.7. The summed E-state index contributed by atoms with van der Waals surface area (Å²) in [5.74, 6) is 0.998. The normalized spacial score (nSPS) is 16.8. The molecule has 1 atom stereocenters. The summed E-state index contributed by atoms with van der Waals surface area (Å²) >= 11 is 0. The molecule has 0 amide bonds. The lowest BCUT2D eigenvalue weighted by Crippen LogP contribution is -2.52. The van der Waals surface area contributed by atoms with Crippen LogP contribution in [-0.2, 0) is 19.9 Å². The van der Waals surface area contributed by atoms with Crippen molar-refractivity contribution in [2.75, 3.05) is 27.4 Å². The van der Waals surface area contributed by atoms with E-state index in [9.17, 15) is 15.0 Å². The first kappa shape index (κ1) is 19.3. The van der Waals surface area contributed by atoms with Gasteiger partial charge in [-0.2, -0.15) is 0 Å². The van der Waals surface area contributed by atoms with E-state index in [1.165, 1.54) is 0 Å². The number of aliphatic hydroxyl groups is 2. The van der Waals surface area contributed by atoms with Crippen LogP contribution >= 0.6 is 0 Å². The summed E-state index contributed by atoms with van der Waals surface area (Å²) in [6.07, 6.45) is -2.63. The van der Waals surface area contributed by atoms with Crippen molar-refractivity contribution in [1.82, 2.24) is 0 Å². The Labute approximate surface area is 157 Å². The molecular formula is C20H22O7. The quantitative estimate of drug-likeness (QED) is 0.786. The van der Waals surface area contributed by atoms with E-state index in [0.29, 0.717) is 22.6 Å². The average Bonchev–Trinajstić information content (AvgIpc) is 2.73. The van der Waals surface area contributed by atoms with Gasteiger partial charge in [-0.3, -0.25) is 4.79 Å². The summed E-state index contributed by atoms with van der Waals surface area (Å²) in [6, 6.07) is 13.3. The van der Waals surface area contributed by atoms with Gasteiger partial charge in [0.05, 0.1) is 14.2 Å². The van der Waals surface area contributed by atoms with Gasteiger partial charge in [-0.15, -0.1) is 0 Å². The third kappa shape index (κ3) is 3.81. The fourth-order valence-electron chi connectivity index (χ4n) is 3.02. The predicted octanol–water partition coefficient (Wildman–Crippen LogP) is 1.24. The maximum Gasteiger partial charge on any atom is 0.188 e. The molecule has 2 aromatic rings. The predicted molar refractivity (Wildman–Crippen MR) is 95.7 cm³/mol. The van der Waals surface area contributed by atoms with Crippen molar-refractivity contribution in [2.24, 2.45) is 0 Å². The van der Waals surface area contributed by atoms with Gasteiger partial charge in [-0.1, -0.05) is 24.3 Å². The Bertz CT molecular complexity index is 712. The molecule has 7 heteroatoms. The monoisotopic (exact) mass is 374 g/mol. The number of hydrogen-bond donors (Lipinski definition) is 2. The minimum Gasteiger partial charge on any atom is -0.497 e. The second kappa shape index (κ2) is 8.06. The molecule has 0 aliphatic carbocycles. The highest BCUT2D eigenvalue weighted by Gasteiger charge is 2.46. The topological polar surface area (TPSA) is 94.5 Å². The Balaban J connectivity index is 2.02. The van der Waals surface area contributed by atoms with Gasteiger partial charge in [-0.05, 0) is 35.4 Å². The van der Waals surface area contributed by atoms with Crippen LogP contribution in [0.2, 0.25) is 0 Å². The van der Waals surface area contributed by atoms with Gasteiger partial charge < -0.3 is 29.2 Å². The second-order valence-corrected chi connectivity index (χ2v) is 6.20. The lowest BCUT2D eigenvalue weighted by Gasteiger charge is -2.38. The number of hydrogen-bond acceptors (Lipinski definition) is 7. The first-order chi connectivity index (χ1) is 13.0. The molecule has 7 nitrogen and oxygen atoms in total. The van der Waals surface area contributed by atoms with Crippen LogP contribution in [0.5, 0.6) is 11.5 Å². The van der Waals surface area contributed by atoms with Crippen molar-refractivity contribution >= 4 is 5.78 Å². The first-order valence-electron chi connectivity index (χ1n) is 8.43. The Hall–Kier alpha value is -2.45. The van der Waals surface area contributed by atoms with E-state index in [4.69, 9.17) is 18.9 Å². The molecule has 0 spiro atoms. The molecule has 0 saturated carbocycles. The number of methoxy groups -OCH3 is 2. The van der Waals surface area contributed by atoms with Crippen molar-refractivity contribution in [1.29, 1.82) is 0 Å². The van der Waals surface area contributed by atoms with E-state index in [1.54, 1.807) is 62.8 Å². The van der Waals surface area contributed by atoms with Crippen LogP contribution in [0.1, 0.15) is 11.1 Å². The molecule has 0 unspecified atom stereocenters. The van der Waals surface area contributed by atoms with Gasteiger partial charge in [0.15, 0.2) is 12.1 Å². The zero-order valence-corrected chi connectivity index (χ0v) is 15.1. The SMILES string of the molecule is COc1ccc(C(O)(c2ccc(OC)cc2)[C@@H](O)C2OCC(=O)CO2)cc1. The molecule has 27 heavy (non-hydrogen) atoms. The highest BCUT2D eigenvalue weighted by Crippen LogP contribution is 2.37. The van der Waals surface area contributed by atoms with Crippen LogP contribution in [0.3, 0.4) is 0 Å². The third-order valence-corrected chi connectivity index (χ3v) is 4.56. The second-order valence-electron chi connectivity index (χ2n) is 6.20. The number of rotatable bonds is 6. The molecule has 2 aromatic carbocycles. The Kier molecular flexibility index (Phi) is 5.76. The number of carbonyl (C=O) groups excluding carboxylic acids is 1. The van der Waals surface area contributed by atoms with Crippen LogP contribution in [0.25, 0.3) is 0 Å². The maximum atomic E-state index is 11.6. The molecule has 0 radical (unpaired) electrons. The van der Waals surface area contributed by atoms with Crippen molar-refractivity contribution in [3.63, 3.8) is 0 Å². The van der Waals surface area contributed by atoms with Crippen molar-refractivity contribution < 1.29 is 34.0 Å². The summed E-state index contributed by atoms with van der Waals surface area (Å²) in [6.45, 7) is -0.355. The molecule has 144 valence electrons. The van der Waals surface area contributed by atoms with Gasteiger partial charge in [0.1, 0.15) is 36.4 Å². The summed E-state index contributed by atoms with van der Waals surface area (Å²) in [7, 11) is 3.08. The van der Waals surface area contributed by atoms with Crippen molar-refractivity contribution in [3.05, 3.63) is 59.7 Å². The molecule has 1 fully saturated rings. The molecule has 1 aliphatic heterocycles. The molecule has 1 saturated heterocycles. The maximum absolute atomic E-state index is 11.6. The largest absolute Gasteiger partial charge is 0.497 e. The van der Waals surface area contributed by atoms with E-state index >= 15 is 0 Å². The fourth-order valence-corrected chi connectivity index (χ4v) is 3.02. The number of ketones is 1. The minimum atomic E-state index is -1.84. The lowest BCUT2D eigenvalue weighted by molar-refractivity contribution is -0.246. The van der Waals surface area contributed by atoms with Crippen LogP contribution in [0.15, 0.2) is 48.5 Å². The minimum absolute atomic E-state index is 0.178. The molecule has 1 heterocycles. The summed E-state index contributed by atoms with van der Waals surface area (Å²) in [5.41, 5.74) is -1.00. The zero-order valence-electron chi connectivity index (χ0n) is 15.1. The van der Waals surface area contributed by atoms with Crippen LogP contribution in [-0.4, -0.2) is 55.8 Å². The van der Waals surface area contributed by atoms with Crippen LogP contribution in [0, 0.1) is 0 Å². The average molecular weight is 374 g/mol. The molecule has 1 aliphatic rings. The number of Topliss-reactive ketones (excluding diaryl/α,β-unsaturated/α-hetero) is 1. The van der Waals surface area contributed by atoms with E-state index in [0.717, 1.165) is 0 Å². The number of carbonyl (C=O) groups is 1. The van der Waals surface area contributed by atoms with Crippen molar-refractivity contribution in [2.45, 2.75) is 18.0 Å². The smallest absolute Gasteiger partial charge is 0.188 e. The summed E-state index contributed by atoms with van der Waals surface area (Å²) in [5, 5.41) is 22.6. The van der Waals surface area contributed by atoms with Gasteiger partial charge in [-0.25, -0.2) is 0 Å². The highest BCUT2D eigenvalue weighted by molar-refractivity contribution is 5.81. The number of aliphatic hydroxyl groups excluding tert-OH is 1. The Morgan fingerprint density at radius 3 is 1.70 bits per heavy atom. The van der Waals surface area contributed by atoms with E-state index in [-0.39, 0.29) is 19.0 Å². The van der Waals surface area contributed by atoms with E-state index < -0.39 is 18.0 Å². The van der Waals surface area contributed by atoms with Crippen LogP contribution in [0.4, 0.5) is 0 Å². The van der Waals surface area contributed by atoms with Crippen molar-refractivity contribution in [3.8, 4) is 11.5 Å².